The minimum atomic E-state index is 0.0320. The summed E-state index contributed by atoms with van der Waals surface area (Å²) in [4.78, 5) is 13.1. The summed E-state index contributed by atoms with van der Waals surface area (Å²) in [7, 11) is 0. The van der Waals surface area contributed by atoms with Crippen LogP contribution < -0.4 is 5.32 Å². The summed E-state index contributed by atoms with van der Waals surface area (Å²) >= 11 is 9.03. The molecule has 20 heavy (non-hydrogen) atoms. The zero-order chi connectivity index (χ0) is 14.5. The number of hydrogen-bond donors (Lipinski definition) is 1. The van der Waals surface area contributed by atoms with Gasteiger partial charge in [0.2, 0.25) is 5.91 Å². The van der Waals surface area contributed by atoms with Crippen molar-refractivity contribution in [2.24, 2.45) is 0 Å². The third-order valence-corrected chi connectivity index (χ3v) is 5.16. The molecule has 0 spiro atoms. The molecule has 0 aliphatic carbocycles. The fourth-order valence-corrected chi connectivity index (χ4v) is 3.84. The number of hydrogen-bond acceptors (Lipinski definition) is 3. The maximum absolute atomic E-state index is 11.9. The number of nitrogens with one attached hydrogen (secondary N) is 1. The summed E-state index contributed by atoms with van der Waals surface area (Å²) in [6.07, 6.45) is 0. The summed E-state index contributed by atoms with van der Waals surface area (Å²) < 4.78 is 0.792. The molecule has 0 bridgehead atoms. The Hall–Kier alpha value is -0.970. The first-order valence-corrected chi connectivity index (χ1v) is 8.58. The van der Waals surface area contributed by atoms with E-state index in [2.05, 4.69) is 11.4 Å². The molecule has 1 N–H and O–H groups in total. The number of thiophene rings is 1. The number of anilines is 1. The summed E-state index contributed by atoms with van der Waals surface area (Å²) in [6.45, 7) is 4.05. The average Bonchev–Trinajstić information content (AvgIpc) is 2.79. The lowest BCUT2D eigenvalue weighted by molar-refractivity contribution is -0.113. The van der Waals surface area contributed by atoms with E-state index in [1.165, 1.54) is 10.4 Å². The van der Waals surface area contributed by atoms with Gasteiger partial charge in [-0.1, -0.05) is 29.3 Å². The van der Waals surface area contributed by atoms with Gasteiger partial charge in [-0.15, -0.1) is 23.1 Å². The van der Waals surface area contributed by atoms with E-state index in [0.29, 0.717) is 5.75 Å². The average molecular weight is 326 g/mol. The van der Waals surface area contributed by atoms with E-state index in [1.54, 1.807) is 23.1 Å². The topological polar surface area (TPSA) is 29.1 Å². The van der Waals surface area contributed by atoms with E-state index in [4.69, 9.17) is 11.6 Å². The van der Waals surface area contributed by atoms with Gasteiger partial charge in [-0.2, -0.15) is 0 Å². The van der Waals surface area contributed by atoms with Gasteiger partial charge in [0.1, 0.15) is 0 Å². The molecular weight excluding hydrogens is 310 g/mol. The van der Waals surface area contributed by atoms with E-state index < -0.39 is 0 Å². The highest BCUT2D eigenvalue weighted by molar-refractivity contribution is 7.99. The van der Waals surface area contributed by atoms with E-state index in [0.717, 1.165) is 21.3 Å². The van der Waals surface area contributed by atoms with Crippen molar-refractivity contribution in [3.05, 3.63) is 50.7 Å². The number of aryl methyl sites for hydroxylation is 2. The van der Waals surface area contributed by atoms with Crippen molar-refractivity contribution < 1.29 is 4.79 Å². The number of halogens is 1. The minimum Gasteiger partial charge on any atom is -0.325 e. The van der Waals surface area contributed by atoms with E-state index in [9.17, 15) is 4.79 Å². The Morgan fingerprint density at radius 1 is 1.30 bits per heavy atom. The SMILES string of the molecule is Cc1ccc(NC(=O)CSCc2ccc(Cl)s2)c(C)c1. The molecule has 1 heterocycles. The molecule has 5 heteroatoms. The predicted molar refractivity (Wildman–Crippen MR) is 90.0 cm³/mol. The van der Waals surface area contributed by atoms with Crippen molar-refractivity contribution in [3.8, 4) is 0 Å². The molecule has 0 unspecified atom stereocenters. The Morgan fingerprint density at radius 3 is 2.75 bits per heavy atom. The highest BCUT2D eigenvalue weighted by atomic mass is 35.5. The lowest BCUT2D eigenvalue weighted by Gasteiger charge is -2.08. The van der Waals surface area contributed by atoms with Crippen LogP contribution in [0.5, 0.6) is 0 Å². The summed E-state index contributed by atoms with van der Waals surface area (Å²) in [5, 5.41) is 2.95. The number of carbonyl (C=O) groups excluding carboxylic acids is 1. The van der Waals surface area contributed by atoms with Crippen LogP contribution >= 0.6 is 34.7 Å². The molecule has 1 amide bonds. The second-order valence-corrected chi connectivity index (χ2v) is 7.35. The Labute approximate surface area is 132 Å². The Balaban J connectivity index is 1.80. The van der Waals surface area contributed by atoms with Crippen LogP contribution in [0.1, 0.15) is 16.0 Å². The van der Waals surface area contributed by atoms with Crippen LogP contribution in [0.25, 0.3) is 0 Å². The normalized spacial score (nSPS) is 10.6. The minimum absolute atomic E-state index is 0.0320. The maximum Gasteiger partial charge on any atom is 0.234 e. The summed E-state index contributed by atoms with van der Waals surface area (Å²) in [5.41, 5.74) is 3.18. The molecule has 0 fully saturated rings. The molecule has 106 valence electrons. The summed E-state index contributed by atoms with van der Waals surface area (Å²) in [5.74, 6) is 1.30. The number of benzene rings is 1. The molecule has 1 aromatic carbocycles. The van der Waals surface area contributed by atoms with Crippen molar-refractivity contribution >= 4 is 46.3 Å². The number of rotatable bonds is 5. The van der Waals surface area contributed by atoms with Crippen LogP contribution in [0, 0.1) is 13.8 Å². The van der Waals surface area contributed by atoms with Gasteiger partial charge in [-0.05, 0) is 37.6 Å². The van der Waals surface area contributed by atoms with Gasteiger partial charge in [-0.3, -0.25) is 4.79 Å². The zero-order valence-corrected chi connectivity index (χ0v) is 13.8. The van der Waals surface area contributed by atoms with Crippen molar-refractivity contribution in [1.82, 2.24) is 0 Å². The fourth-order valence-electron chi connectivity index (χ4n) is 1.81. The van der Waals surface area contributed by atoms with Gasteiger partial charge in [0, 0.05) is 16.3 Å². The molecule has 2 rings (SSSR count). The Morgan fingerprint density at radius 2 is 2.10 bits per heavy atom. The second-order valence-electron chi connectivity index (χ2n) is 4.57. The van der Waals surface area contributed by atoms with Crippen molar-refractivity contribution in [2.75, 3.05) is 11.1 Å². The molecule has 0 atom stereocenters. The van der Waals surface area contributed by atoms with E-state index in [-0.39, 0.29) is 5.91 Å². The van der Waals surface area contributed by atoms with Gasteiger partial charge >= 0.3 is 0 Å². The smallest absolute Gasteiger partial charge is 0.234 e. The van der Waals surface area contributed by atoms with Gasteiger partial charge < -0.3 is 5.32 Å². The lowest BCUT2D eigenvalue weighted by atomic mass is 10.1. The molecule has 0 saturated heterocycles. The second kappa shape index (κ2) is 7.16. The van der Waals surface area contributed by atoms with E-state index in [1.807, 2.05) is 38.1 Å². The molecule has 0 radical (unpaired) electrons. The summed E-state index contributed by atoms with van der Waals surface area (Å²) in [6, 6.07) is 9.91. The number of carbonyl (C=O) groups is 1. The highest BCUT2D eigenvalue weighted by Gasteiger charge is 2.06. The van der Waals surface area contributed by atoms with Crippen molar-refractivity contribution in [2.45, 2.75) is 19.6 Å². The Kier molecular flexibility index (Phi) is 5.52. The fraction of sp³-hybridized carbons (Fsp3) is 0.267. The van der Waals surface area contributed by atoms with Gasteiger partial charge in [0.05, 0.1) is 10.1 Å². The lowest BCUT2D eigenvalue weighted by Crippen LogP contribution is -2.14. The molecule has 0 aliphatic rings. The highest BCUT2D eigenvalue weighted by Crippen LogP contribution is 2.25. The van der Waals surface area contributed by atoms with Crippen LogP contribution in [-0.2, 0) is 10.5 Å². The van der Waals surface area contributed by atoms with Crippen LogP contribution in [0.15, 0.2) is 30.3 Å². The first kappa shape index (κ1) is 15.4. The van der Waals surface area contributed by atoms with Crippen LogP contribution in [0.3, 0.4) is 0 Å². The monoisotopic (exact) mass is 325 g/mol. The molecule has 1 aromatic heterocycles. The van der Waals surface area contributed by atoms with Gasteiger partial charge in [-0.25, -0.2) is 0 Å². The molecule has 0 saturated carbocycles. The van der Waals surface area contributed by atoms with Crippen molar-refractivity contribution in [1.29, 1.82) is 0 Å². The quantitative estimate of drug-likeness (QED) is 0.848. The standard InChI is InChI=1S/C15H16ClNOS2/c1-10-3-5-13(11(2)7-10)17-15(18)9-19-8-12-4-6-14(16)20-12/h3-7H,8-9H2,1-2H3,(H,17,18). The van der Waals surface area contributed by atoms with Crippen LogP contribution in [-0.4, -0.2) is 11.7 Å². The molecule has 2 aromatic rings. The number of amides is 1. The predicted octanol–water partition coefficient (Wildman–Crippen LogP) is 4.89. The maximum atomic E-state index is 11.9. The third kappa shape index (κ3) is 4.54. The largest absolute Gasteiger partial charge is 0.325 e. The van der Waals surface area contributed by atoms with Crippen LogP contribution in [0.4, 0.5) is 5.69 Å². The third-order valence-electron chi connectivity index (χ3n) is 2.76. The molecule has 0 aliphatic heterocycles. The first-order chi connectivity index (χ1) is 9.54. The zero-order valence-electron chi connectivity index (χ0n) is 11.4. The molecular formula is C15H16ClNOS2. The van der Waals surface area contributed by atoms with Crippen LogP contribution in [0.2, 0.25) is 4.34 Å². The van der Waals surface area contributed by atoms with Crippen molar-refractivity contribution in [3.63, 3.8) is 0 Å². The molecule has 2 nitrogen and oxygen atoms in total. The first-order valence-electron chi connectivity index (χ1n) is 6.23. The van der Waals surface area contributed by atoms with Gasteiger partial charge in [0.15, 0.2) is 0 Å². The Bertz CT molecular complexity index is 610. The van der Waals surface area contributed by atoms with Gasteiger partial charge in [0.25, 0.3) is 0 Å². The van der Waals surface area contributed by atoms with E-state index >= 15 is 0 Å². The number of thioether (sulfide) groups is 1.